The molecule has 0 unspecified atom stereocenters. The molecule has 0 spiro atoms. The molecule has 0 aliphatic heterocycles. The van der Waals surface area contributed by atoms with Crippen molar-refractivity contribution < 1.29 is 13.9 Å². The number of nitrogens with one attached hydrogen (secondary N) is 1. The summed E-state index contributed by atoms with van der Waals surface area (Å²) in [5, 5.41) is 3.05. The van der Waals surface area contributed by atoms with Gasteiger partial charge in [0.1, 0.15) is 5.82 Å². The van der Waals surface area contributed by atoms with Crippen LogP contribution in [0.4, 0.5) is 4.39 Å². The minimum Gasteiger partial charge on any atom is -0.469 e. The minimum absolute atomic E-state index is 0.172. The number of hydrogen-bond acceptors (Lipinski definition) is 4. The van der Waals surface area contributed by atoms with E-state index in [1.54, 1.807) is 19.1 Å². The monoisotopic (exact) mass is 289 g/mol. The molecule has 7 heteroatoms. The van der Waals surface area contributed by atoms with E-state index in [1.165, 1.54) is 13.2 Å². The van der Waals surface area contributed by atoms with Crippen LogP contribution in [0.3, 0.4) is 0 Å². The van der Waals surface area contributed by atoms with Gasteiger partial charge in [0.2, 0.25) is 0 Å². The highest BCUT2D eigenvalue weighted by Crippen LogP contribution is 2.20. The molecule has 108 valence electrons. The first-order chi connectivity index (χ1) is 10.0. The van der Waals surface area contributed by atoms with Crippen molar-refractivity contribution in [3.05, 3.63) is 45.6 Å². The van der Waals surface area contributed by atoms with Gasteiger partial charge in [0, 0.05) is 5.69 Å². The molecule has 6 nitrogen and oxygen atoms in total. The van der Waals surface area contributed by atoms with E-state index in [1.807, 2.05) is 0 Å². The van der Waals surface area contributed by atoms with Crippen LogP contribution in [0.1, 0.15) is 11.3 Å². The Morgan fingerprint density at radius 1 is 1.48 bits per heavy atom. The molecular weight excluding hydrogens is 277 g/mol. The molecule has 0 aliphatic carbocycles. The highest BCUT2D eigenvalue weighted by Gasteiger charge is 2.18. The van der Waals surface area contributed by atoms with Crippen molar-refractivity contribution in [3.63, 3.8) is 0 Å². The Morgan fingerprint density at radius 3 is 2.95 bits per heavy atom. The molecule has 0 amide bonds. The summed E-state index contributed by atoms with van der Waals surface area (Å²) < 4.78 is 19.6. The van der Waals surface area contributed by atoms with Crippen LogP contribution >= 0.6 is 0 Å². The number of methoxy groups -OCH3 is 1. The summed E-state index contributed by atoms with van der Waals surface area (Å²) in [6.07, 6.45) is -0.172. The molecule has 21 heavy (non-hydrogen) atoms. The van der Waals surface area contributed by atoms with Crippen LogP contribution in [0.15, 0.2) is 23.0 Å². The summed E-state index contributed by atoms with van der Waals surface area (Å²) in [6.45, 7) is 1.61. The second kappa shape index (κ2) is 4.69. The van der Waals surface area contributed by atoms with Gasteiger partial charge in [-0.1, -0.05) is 6.07 Å². The highest BCUT2D eigenvalue weighted by molar-refractivity contribution is 5.92. The average Bonchev–Trinajstić information content (AvgIpc) is 2.83. The molecule has 1 N–H and O–H groups in total. The number of esters is 1. The predicted molar refractivity (Wildman–Crippen MR) is 73.7 cm³/mol. The number of aromatic nitrogens is 3. The Bertz CT molecular complexity index is 926. The second-order valence-electron chi connectivity index (χ2n) is 4.67. The Balaban J connectivity index is 2.36. The number of H-pyrrole nitrogens is 1. The maximum absolute atomic E-state index is 13.9. The van der Waals surface area contributed by atoms with Crippen LogP contribution in [0.2, 0.25) is 0 Å². The summed E-state index contributed by atoms with van der Waals surface area (Å²) in [5.74, 6) is -0.988. The van der Waals surface area contributed by atoms with Gasteiger partial charge in [-0.15, -0.1) is 0 Å². The van der Waals surface area contributed by atoms with Crippen LogP contribution in [0.5, 0.6) is 0 Å². The maximum Gasteiger partial charge on any atom is 0.310 e. The van der Waals surface area contributed by atoms with Gasteiger partial charge in [-0.3, -0.25) is 14.7 Å². The van der Waals surface area contributed by atoms with Gasteiger partial charge in [-0.05, 0) is 19.1 Å². The summed E-state index contributed by atoms with van der Waals surface area (Å²) in [4.78, 5) is 28.1. The Kier molecular flexibility index (Phi) is 2.97. The molecular formula is C14H12FN3O3. The first-order valence-corrected chi connectivity index (χ1v) is 6.28. The number of aromatic amines is 1. The zero-order valence-corrected chi connectivity index (χ0v) is 11.4. The maximum atomic E-state index is 13.9. The van der Waals surface area contributed by atoms with E-state index in [0.717, 1.165) is 4.52 Å². The second-order valence-corrected chi connectivity index (χ2v) is 4.67. The number of halogens is 1. The first-order valence-electron chi connectivity index (χ1n) is 6.28. The van der Waals surface area contributed by atoms with Gasteiger partial charge in [0.25, 0.3) is 5.56 Å². The van der Waals surface area contributed by atoms with Gasteiger partial charge >= 0.3 is 5.97 Å². The zero-order chi connectivity index (χ0) is 15.1. The summed E-state index contributed by atoms with van der Waals surface area (Å²) >= 11 is 0. The van der Waals surface area contributed by atoms with Crippen LogP contribution in [-0.2, 0) is 16.0 Å². The molecule has 1 aromatic carbocycles. The number of carbonyl (C=O) groups excluding carboxylic acids is 1. The number of rotatable bonds is 2. The van der Waals surface area contributed by atoms with Gasteiger partial charge in [-0.25, -0.2) is 13.9 Å². The molecule has 0 fully saturated rings. The van der Waals surface area contributed by atoms with Crippen molar-refractivity contribution in [1.82, 2.24) is 14.6 Å². The van der Waals surface area contributed by atoms with Crippen molar-refractivity contribution in [3.8, 4) is 0 Å². The summed E-state index contributed by atoms with van der Waals surface area (Å²) in [5.41, 5.74) is 0.854. The number of nitrogens with zero attached hydrogens (tertiary/aromatic N) is 2. The minimum atomic E-state index is -0.528. The molecule has 0 aliphatic rings. The molecule has 0 radical (unpaired) electrons. The van der Waals surface area contributed by atoms with E-state index in [2.05, 4.69) is 14.8 Å². The van der Waals surface area contributed by atoms with Gasteiger partial charge in [0.15, 0.2) is 5.65 Å². The lowest BCUT2D eigenvalue weighted by atomic mass is 10.1. The van der Waals surface area contributed by atoms with Gasteiger partial charge in [0.05, 0.1) is 30.0 Å². The Labute approximate surface area is 118 Å². The lowest BCUT2D eigenvalue weighted by Crippen LogP contribution is -2.24. The molecule has 0 atom stereocenters. The van der Waals surface area contributed by atoms with Gasteiger partial charge < -0.3 is 4.74 Å². The molecule has 3 rings (SSSR count). The topological polar surface area (TPSA) is 76.5 Å². The normalized spacial score (nSPS) is 11.2. The number of aryl methyl sites for hydroxylation is 1. The van der Waals surface area contributed by atoms with Gasteiger partial charge in [-0.2, -0.15) is 0 Å². The standard InChI is InChI=1S/C14H12FN3O3/c1-7-8(6-11(19)21-2)14(20)18-13(16-7)12-9(15)4-3-5-10(12)17-18/h3-5,17H,6H2,1-2H3. The third kappa shape index (κ3) is 1.97. The van der Waals surface area contributed by atoms with Crippen molar-refractivity contribution in [1.29, 1.82) is 0 Å². The molecule has 0 saturated carbocycles. The van der Waals surface area contributed by atoms with Crippen molar-refractivity contribution in [2.24, 2.45) is 0 Å². The molecule has 2 heterocycles. The van der Waals surface area contributed by atoms with Crippen LogP contribution in [0, 0.1) is 12.7 Å². The number of ether oxygens (including phenoxy) is 1. The fourth-order valence-electron chi connectivity index (χ4n) is 2.32. The lowest BCUT2D eigenvalue weighted by Gasteiger charge is -2.04. The Hall–Kier alpha value is -2.70. The van der Waals surface area contributed by atoms with E-state index in [0.29, 0.717) is 11.2 Å². The fraction of sp³-hybridized carbons (Fsp3) is 0.214. The quantitative estimate of drug-likeness (QED) is 0.722. The number of carbonyl (C=O) groups is 1. The number of fused-ring (bicyclic) bond motifs is 3. The summed E-state index contributed by atoms with van der Waals surface area (Å²) in [6, 6.07) is 4.50. The third-order valence-electron chi connectivity index (χ3n) is 3.40. The fourth-order valence-corrected chi connectivity index (χ4v) is 2.32. The third-order valence-corrected chi connectivity index (χ3v) is 3.40. The van der Waals surface area contributed by atoms with Crippen LogP contribution in [0.25, 0.3) is 16.6 Å². The molecule has 0 bridgehead atoms. The van der Waals surface area contributed by atoms with E-state index in [9.17, 15) is 14.0 Å². The van der Waals surface area contributed by atoms with Crippen LogP contribution < -0.4 is 5.56 Å². The molecule has 3 aromatic rings. The SMILES string of the molecule is COC(=O)Cc1c(C)nc2c3c(F)cccc3[nH]n2c1=O. The van der Waals surface area contributed by atoms with Crippen molar-refractivity contribution in [2.75, 3.05) is 7.11 Å². The van der Waals surface area contributed by atoms with E-state index in [-0.39, 0.29) is 23.0 Å². The van der Waals surface area contributed by atoms with Crippen molar-refractivity contribution in [2.45, 2.75) is 13.3 Å². The van der Waals surface area contributed by atoms with E-state index < -0.39 is 17.3 Å². The van der Waals surface area contributed by atoms with Crippen LogP contribution in [-0.4, -0.2) is 27.7 Å². The molecule has 2 aromatic heterocycles. The highest BCUT2D eigenvalue weighted by atomic mass is 19.1. The lowest BCUT2D eigenvalue weighted by molar-refractivity contribution is -0.139. The van der Waals surface area contributed by atoms with E-state index >= 15 is 0 Å². The largest absolute Gasteiger partial charge is 0.469 e. The zero-order valence-electron chi connectivity index (χ0n) is 11.4. The summed E-state index contributed by atoms with van der Waals surface area (Å²) in [7, 11) is 1.25. The number of hydrogen-bond donors (Lipinski definition) is 1. The first kappa shape index (κ1) is 13.3. The number of benzene rings is 1. The molecule has 0 saturated heterocycles. The van der Waals surface area contributed by atoms with Crippen molar-refractivity contribution >= 4 is 22.5 Å². The van der Waals surface area contributed by atoms with E-state index in [4.69, 9.17) is 0 Å². The average molecular weight is 289 g/mol. The smallest absolute Gasteiger partial charge is 0.310 e. The Morgan fingerprint density at radius 2 is 2.24 bits per heavy atom. The predicted octanol–water partition coefficient (Wildman–Crippen LogP) is 1.34.